The van der Waals surface area contributed by atoms with E-state index in [1.54, 1.807) is 11.2 Å². The Morgan fingerprint density at radius 2 is 2.04 bits per heavy atom. The first-order valence-corrected chi connectivity index (χ1v) is 7.32. The van der Waals surface area contributed by atoms with Crippen LogP contribution in [0.1, 0.15) is 18.1 Å². The summed E-state index contributed by atoms with van der Waals surface area (Å²) in [4.78, 5) is 18.8. The van der Waals surface area contributed by atoms with Crippen molar-refractivity contribution in [2.24, 2.45) is 0 Å². The lowest BCUT2D eigenvalue weighted by atomic mass is 10.2. The molecule has 3 aromatic rings. The number of anilines is 1. The summed E-state index contributed by atoms with van der Waals surface area (Å²) < 4.78 is 56.2. The molecular weight excluding hydrogens is 358 g/mol. The average molecular weight is 369 g/mol. The van der Waals surface area contributed by atoms with Crippen molar-refractivity contribution in [1.82, 2.24) is 20.2 Å². The third-order valence-corrected chi connectivity index (χ3v) is 3.26. The molecule has 2 N–H and O–H groups in total. The standard InChI is InChI=1S/C15H11F4N5O2/c16-9-4-2-1-3-8(9)10-7-20-12(26-10)6-5-11(25)21-14-22-13(23-24-14)15(17,18)19/h1-4,7H,5-6H2,(H2,21,22,23,24,25). The van der Waals surface area contributed by atoms with Gasteiger partial charge in [0.05, 0.1) is 11.8 Å². The molecule has 1 amide bonds. The van der Waals surface area contributed by atoms with Crippen molar-refractivity contribution in [2.75, 3.05) is 5.32 Å². The number of carbonyl (C=O) groups is 1. The number of halogens is 4. The summed E-state index contributed by atoms with van der Waals surface area (Å²) in [6.45, 7) is 0. The Hall–Kier alpha value is -3.24. The van der Waals surface area contributed by atoms with Crippen molar-refractivity contribution >= 4 is 11.9 Å². The second-order valence-corrected chi connectivity index (χ2v) is 5.15. The molecule has 0 spiro atoms. The smallest absolute Gasteiger partial charge is 0.441 e. The Labute approximate surface area is 143 Å². The summed E-state index contributed by atoms with van der Waals surface area (Å²) in [5, 5.41) is 7.08. The predicted molar refractivity (Wildman–Crippen MR) is 80.2 cm³/mol. The molecule has 7 nitrogen and oxygen atoms in total. The molecule has 0 radical (unpaired) electrons. The highest BCUT2D eigenvalue weighted by Crippen LogP contribution is 2.26. The minimum atomic E-state index is -4.68. The van der Waals surface area contributed by atoms with Gasteiger partial charge in [-0.25, -0.2) is 9.37 Å². The van der Waals surface area contributed by atoms with Crippen LogP contribution < -0.4 is 5.32 Å². The lowest BCUT2D eigenvalue weighted by Crippen LogP contribution is -2.14. The minimum Gasteiger partial charge on any atom is -0.441 e. The van der Waals surface area contributed by atoms with Crippen LogP contribution in [0, 0.1) is 5.82 Å². The minimum absolute atomic E-state index is 0.0663. The van der Waals surface area contributed by atoms with Gasteiger partial charge in [0.1, 0.15) is 5.82 Å². The first-order chi connectivity index (χ1) is 12.3. The van der Waals surface area contributed by atoms with Gasteiger partial charge in [0, 0.05) is 12.8 Å². The first kappa shape index (κ1) is 17.6. The van der Waals surface area contributed by atoms with Crippen molar-refractivity contribution in [2.45, 2.75) is 19.0 Å². The quantitative estimate of drug-likeness (QED) is 0.674. The molecule has 0 aliphatic rings. The Kier molecular flexibility index (Phi) is 4.69. The van der Waals surface area contributed by atoms with Gasteiger partial charge in [0.25, 0.3) is 0 Å². The fourth-order valence-corrected chi connectivity index (χ4v) is 2.06. The monoisotopic (exact) mass is 369 g/mol. The number of hydrogen-bond donors (Lipinski definition) is 2. The third-order valence-electron chi connectivity index (χ3n) is 3.26. The lowest BCUT2D eigenvalue weighted by molar-refractivity contribution is -0.144. The van der Waals surface area contributed by atoms with Gasteiger partial charge >= 0.3 is 6.18 Å². The SMILES string of the molecule is O=C(CCc1ncc(-c2ccccc2F)o1)Nc1n[nH]c(C(F)(F)F)n1. The second kappa shape index (κ2) is 6.94. The Morgan fingerprint density at radius 3 is 2.73 bits per heavy atom. The van der Waals surface area contributed by atoms with Crippen molar-refractivity contribution < 1.29 is 26.8 Å². The van der Waals surface area contributed by atoms with Crippen molar-refractivity contribution in [1.29, 1.82) is 0 Å². The van der Waals surface area contributed by atoms with E-state index < -0.39 is 29.7 Å². The predicted octanol–water partition coefficient (Wildman–Crippen LogP) is 3.19. The van der Waals surface area contributed by atoms with Gasteiger partial charge in [-0.1, -0.05) is 12.1 Å². The van der Waals surface area contributed by atoms with Gasteiger partial charge in [-0.15, -0.1) is 5.10 Å². The van der Waals surface area contributed by atoms with Gasteiger partial charge < -0.3 is 4.42 Å². The zero-order valence-electron chi connectivity index (χ0n) is 13.0. The zero-order chi connectivity index (χ0) is 18.7. The van der Waals surface area contributed by atoms with Crippen LogP contribution in [-0.4, -0.2) is 26.1 Å². The van der Waals surface area contributed by atoms with E-state index in [4.69, 9.17) is 4.42 Å². The number of hydrogen-bond acceptors (Lipinski definition) is 5. The molecule has 26 heavy (non-hydrogen) atoms. The molecule has 11 heteroatoms. The number of amides is 1. The van der Waals surface area contributed by atoms with Crippen molar-refractivity contribution in [3.63, 3.8) is 0 Å². The third kappa shape index (κ3) is 4.05. The normalized spacial score (nSPS) is 11.5. The molecule has 2 heterocycles. The molecule has 0 saturated carbocycles. The number of rotatable bonds is 5. The summed E-state index contributed by atoms with van der Waals surface area (Å²) in [6, 6.07) is 5.97. The number of aryl methyl sites for hydroxylation is 1. The number of carbonyl (C=O) groups excluding carboxylic acids is 1. The maximum atomic E-state index is 13.7. The molecule has 0 bridgehead atoms. The molecule has 0 atom stereocenters. The van der Waals surface area contributed by atoms with Crippen LogP contribution in [0.4, 0.5) is 23.5 Å². The second-order valence-electron chi connectivity index (χ2n) is 5.15. The summed E-state index contributed by atoms with van der Waals surface area (Å²) in [6.07, 6.45) is -3.42. The van der Waals surface area contributed by atoms with E-state index in [0.29, 0.717) is 0 Å². The highest BCUT2D eigenvalue weighted by Gasteiger charge is 2.35. The van der Waals surface area contributed by atoms with E-state index in [1.807, 2.05) is 0 Å². The summed E-state index contributed by atoms with van der Waals surface area (Å²) in [7, 11) is 0. The molecule has 0 unspecified atom stereocenters. The largest absolute Gasteiger partial charge is 0.451 e. The van der Waals surface area contributed by atoms with Crippen LogP contribution in [0.2, 0.25) is 0 Å². The molecule has 0 saturated heterocycles. The van der Waals surface area contributed by atoms with Gasteiger partial charge in [-0.2, -0.15) is 18.2 Å². The van der Waals surface area contributed by atoms with Crippen LogP contribution in [0.25, 0.3) is 11.3 Å². The van der Waals surface area contributed by atoms with E-state index in [1.165, 1.54) is 24.4 Å². The van der Waals surface area contributed by atoms with Gasteiger partial charge in [0.2, 0.25) is 17.7 Å². The van der Waals surface area contributed by atoms with Crippen LogP contribution in [0.3, 0.4) is 0 Å². The molecule has 1 aromatic carbocycles. The van der Waals surface area contributed by atoms with E-state index in [2.05, 4.69) is 20.4 Å². The highest BCUT2D eigenvalue weighted by atomic mass is 19.4. The topological polar surface area (TPSA) is 96.7 Å². The maximum Gasteiger partial charge on any atom is 0.451 e. The summed E-state index contributed by atoms with van der Waals surface area (Å²) in [5.41, 5.74) is 0.233. The molecule has 3 rings (SSSR count). The zero-order valence-corrected chi connectivity index (χ0v) is 13.0. The Morgan fingerprint density at radius 1 is 1.27 bits per heavy atom. The van der Waals surface area contributed by atoms with E-state index in [0.717, 1.165) is 0 Å². The Bertz CT molecular complexity index is 919. The Balaban J connectivity index is 1.57. The highest BCUT2D eigenvalue weighted by molar-refractivity contribution is 5.88. The number of aromatic nitrogens is 4. The van der Waals surface area contributed by atoms with Crippen LogP contribution in [0.5, 0.6) is 0 Å². The average Bonchev–Trinajstić information content (AvgIpc) is 3.22. The van der Waals surface area contributed by atoms with E-state index >= 15 is 0 Å². The molecule has 2 aromatic heterocycles. The number of aromatic amines is 1. The molecule has 0 fully saturated rings. The number of oxazole rings is 1. The van der Waals surface area contributed by atoms with Gasteiger partial charge in [-0.3, -0.25) is 15.2 Å². The number of H-pyrrole nitrogens is 1. The van der Waals surface area contributed by atoms with Crippen molar-refractivity contribution in [3.8, 4) is 11.3 Å². The molecule has 0 aliphatic carbocycles. The fraction of sp³-hybridized carbons (Fsp3) is 0.200. The molecule has 136 valence electrons. The van der Waals surface area contributed by atoms with Gasteiger partial charge in [-0.05, 0) is 12.1 Å². The summed E-state index contributed by atoms with van der Waals surface area (Å²) in [5.74, 6) is -2.50. The van der Waals surface area contributed by atoms with E-state index in [-0.39, 0.29) is 30.1 Å². The number of benzene rings is 1. The van der Waals surface area contributed by atoms with Crippen LogP contribution in [0.15, 0.2) is 34.9 Å². The number of nitrogens with one attached hydrogen (secondary N) is 2. The molecule has 0 aliphatic heterocycles. The molecular formula is C15H11F4N5O2. The fourth-order valence-electron chi connectivity index (χ4n) is 2.06. The van der Waals surface area contributed by atoms with Crippen molar-refractivity contribution in [3.05, 3.63) is 48.0 Å². The van der Waals surface area contributed by atoms with E-state index in [9.17, 15) is 22.4 Å². The number of nitrogens with zero attached hydrogens (tertiary/aromatic N) is 3. The number of alkyl halides is 3. The first-order valence-electron chi connectivity index (χ1n) is 7.32. The summed E-state index contributed by atoms with van der Waals surface area (Å²) >= 11 is 0. The van der Waals surface area contributed by atoms with Gasteiger partial charge in [0.15, 0.2) is 11.7 Å². The van der Waals surface area contributed by atoms with Crippen LogP contribution >= 0.6 is 0 Å². The maximum absolute atomic E-state index is 13.7. The van der Waals surface area contributed by atoms with Crippen LogP contribution in [-0.2, 0) is 17.4 Å². The lowest BCUT2D eigenvalue weighted by Gasteiger charge is -2.00.